The van der Waals surface area contributed by atoms with E-state index in [2.05, 4.69) is 20.4 Å². The maximum absolute atomic E-state index is 12.8. The predicted molar refractivity (Wildman–Crippen MR) is 95.6 cm³/mol. The Labute approximate surface area is 185 Å². The predicted octanol–water partition coefficient (Wildman–Crippen LogP) is -0.793. The second-order valence-electron chi connectivity index (χ2n) is 5.46. The minimum absolute atomic E-state index is 0. The van der Waals surface area contributed by atoms with E-state index in [9.17, 15) is 18.1 Å². The minimum atomic E-state index is -2.97. The molecule has 2 atom stereocenters. The van der Waals surface area contributed by atoms with Gasteiger partial charge in [0.25, 0.3) is 5.18 Å². The van der Waals surface area contributed by atoms with Crippen molar-refractivity contribution in [2.24, 2.45) is 0 Å². The minimum Gasteiger partial charge on any atom is -1.00 e. The van der Waals surface area contributed by atoms with Crippen LogP contribution >= 0.6 is 0 Å². The summed E-state index contributed by atoms with van der Waals surface area (Å²) in [6.07, 6.45) is 1.47. The Bertz CT molecular complexity index is 882. The van der Waals surface area contributed by atoms with Crippen LogP contribution in [0.4, 0.5) is 20.2 Å². The van der Waals surface area contributed by atoms with Crippen LogP contribution in [0.15, 0.2) is 30.5 Å². The first-order valence-electron chi connectivity index (χ1n) is 7.68. The summed E-state index contributed by atoms with van der Waals surface area (Å²) in [6, 6.07) is 5.60. The number of anilines is 2. The van der Waals surface area contributed by atoms with E-state index in [-0.39, 0.29) is 48.2 Å². The summed E-state index contributed by atoms with van der Waals surface area (Å²) < 4.78 is 52.2. The number of pyridine rings is 1. The molecule has 1 aromatic carbocycles. The maximum Gasteiger partial charge on any atom is 1.00 e. The molecule has 1 aliphatic rings. The van der Waals surface area contributed by atoms with Crippen LogP contribution in [0.2, 0.25) is 0 Å². The molecule has 148 valence electrons. The molecule has 0 radical (unpaired) electrons. The molecule has 0 fully saturated rings. The third-order valence-corrected chi connectivity index (χ3v) is 5.19. The summed E-state index contributed by atoms with van der Waals surface area (Å²) in [5, 5.41) is 14.0. The molecule has 0 saturated heterocycles. The summed E-state index contributed by atoms with van der Waals surface area (Å²) in [6.45, 7) is -2.97. The van der Waals surface area contributed by atoms with Crippen LogP contribution in [-0.4, -0.2) is 40.3 Å². The molecule has 0 amide bonds. The number of ether oxygens (including phenoxy) is 3. The normalized spacial score (nSPS) is 18.4. The van der Waals surface area contributed by atoms with Gasteiger partial charge >= 0.3 is 36.2 Å². The molecule has 8 nitrogen and oxygen atoms in total. The molecular formula is C16H18F2N3NaO5S. The number of benzene rings is 1. The molecule has 28 heavy (non-hydrogen) atoms. The average Bonchev–Trinajstić information content (AvgIpc) is 2.97. The van der Waals surface area contributed by atoms with Crippen molar-refractivity contribution in [2.75, 3.05) is 24.9 Å². The largest absolute Gasteiger partial charge is 1.00 e. The summed E-state index contributed by atoms with van der Waals surface area (Å²) in [4.78, 5) is 4.13. The van der Waals surface area contributed by atoms with Gasteiger partial charge in [0.2, 0.25) is 0 Å². The van der Waals surface area contributed by atoms with Crippen LogP contribution in [0.25, 0.3) is 0 Å². The van der Waals surface area contributed by atoms with Crippen molar-refractivity contribution in [3.8, 4) is 17.2 Å². The number of rotatable bonds is 7. The fourth-order valence-electron chi connectivity index (χ4n) is 2.60. The van der Waals surface area contributed by atoms with Crippen LogP contribution in [0.3, 0.4) is 0 Å². The topological polar surface area (TPSA) is 102 Å². The van der Waals surface area contributed by atoms with E-state index in [1.807, 2.05) is 0 Å². The van der Waals surface area contributed by atoms with Crippen LogP contribution in [-0.2, 0) is 16.6 Å². The maximum atomic E-state index is 12.8. The van der Waals surface area contributed by atoms with E-state index in [1.54, 1.807) is 6.07 Å². The molecule has 3 N–H and O–H groups in total. The van der Waals surface area contributed by atoms with Gasteiger partial charge in [-0.2, -0.15) is 8.78 Å². The van der Waals surface area contributed by atoms with Crippen molar-refractivity contribution in [3.05, 3.63) is 36.2 Å². The molecule has 1 aromatic heterocycles. The van der Waals surface area contributed by atoms with Crippen molar-refractivity contribution in [3.63, 3.8) is 0 Å². The number of hydrogen-bond donors (Lipinski definition) is 3. The van der Waals surface area contributed by atoms with Gasteiger partial charge in [0.15, 0.2) is 11.5 Å². The van der Waals surface area contributed by atoms with Gasteiger partial charge in [-0.25, -0.2) is 0 Å². The molecular weight excluding hydrogens is 407 g/mol. The summed E-state index contributed by atoms with van der Waals surface area (Å²) in [5.41, 5.74) is 0.984. The zero-order chi connectivity index (χ0) is 19.6. The Balaban J connectivity index is 0.00000210. The van der Waals surface area contributed by atoms with Crippen molar-refractivity contribution in [2.45, 2.75) is 17.5 Å². The fraction of sp³-hybridized carbons (Fsp3) is 0.312. The smallest absolute Gasteiger partial charge is 1.00 e. The summed E-state index contributed by atoms with van der Waals surface area (Å²) >= 11 is 0. The number of hydrogen-bond acceptors (Lipinski definition) is 8. The molecule has 2 aromatic rings. The van der Waals surface area contributed by atoms with Crippen LogP contribution in [0, 0.1) is 0 Å². The van der Waals surface area contributed by atoms with E-state index in [1.165, 1.54) is 38.6 Å². The van der Waals surface area contributed by atoms with E-state index < -0.39 is 22.6 Å². The van der Waals surface area contributed by atoms with E-state index in [0.717, 1.165) is 0 Å². The SMILES string of the molecule is COc1ccnc(CS(=O)C2(O)Nc3ccc(OC(F)F)cc3N2)c1OC.[H-].[Na+]. The number of nitrogens with zero attached hydrogens (tertiary/aromatic N) is 1. The number of fused-ring (bicyclic) bond motifs is 1. The second-order valence-corrected chi connectivity index (χ2v) is 7.03. The van der Waals surface area contributed by atoms with Crippen LogP contribution in [0.1, 0.15) is 7.12 Å². The Morgan fingerprint density at radius 3 is 2.61 bits per heavy atom. The number of halogens is 2. The zero-order valence-electron chi connectivity index (χ0n) is 16.4. The number of alkyl halides is 2. The number of aliphatic hydroxyl groups is 1. The number of nitrogens with one attached hydrogen (secondary N) is 2. The monoisotopic (exact) mass is 425 g/mol. The van der Waals surface area contributed by atoms with Gasteiger partial charge in [0.1, 0.15) is 16.5 Å². The zero-order valence-corrected chi connectivity index (χ0v) is 18.2. The van der Waals surface area contributed by atoms with Crippen LogP contribution < -0.4 is 54.4 Å². The van der Waals surface area contributed by atoms with Crippen molar-refractivity contribution >= 4 is 22.2 Å². The summed E-state index contributed by atoms with van der Waals surface area (Å²) in [5.74, 6) is 0.464. The van der Waals surface area contributed by atoms with Gasteiger partial charge in [-0.15, -0.1) is 0 Å². The van der Waals surface area contributed by atoms with Crippen molar-refractivity contribution < 1.29 is 63.3 Å². The quantitative estimate of drug-likeness (QED) is 0.496. The first-order chi connectivity index (χ1) is 12.9. The van der Waals surface area contributed by atoms with E-state index >= 15 is 0 Å². The Hall–Kier alpha value is -1.66. The van der Waals surface area contributed by atoms with Crippen molar-refractivity contribution in [1.82, 2.24) is 4.98 Å². The molecule has 0 spiro atoms. The van der Waals surface area contributed by atoms with Gasteiger partial charge in [0, 0.05) is 18.3 Å². The molecule has 2 heterocycles. The fourth-order valence-corrected chi connectivity index (χ4v) is 3.71. The van der Waals surface area contributed by atoms with Crippen LogP contribution in [0.5, 0.6) is 17.2 Å². The third-order valence-electron chi connectivity index (χ3n) is 3.79. The molecule has 12 heteroatoms. The van der Waals surface area contributed by atoms with E-state index in [0.29, 0.717) is 22.9 Å². The summed E-state index contributed by atoms with van der Waals surface area (Å²) in [7, 11) is 0.953. The molecule has 0 saturated carbocycles. The Morgan fingerprint density at radius 2 is 1.96 bits per heavy atom. The van der Waals surface area contributed by atoms with Crippen molar-refractivity contribution in [1.29, 1.82) is 0 Å². The van der Waals surface area contributed by atoms with Gasteiger partial charge in [-0.05, 0) is 12.1 Å². The first kappa shape index (κ1) is 22.6. The number of methoxy groups -OCH3 is 2. The Morgan fingerprint density at radius 1 is 1.25 bits per heavy atom. The second kappa shape index (κ2) is 9.23. The first-order valence-corrected chi connectivity index (χ1v) is 9.00. The van der Waals surface area contributed by atoms with Gasteiger partial charge in [-0.1, -0.05) is 0 Å². The molecule has 1 aliphatic heterocycles. The molecule has 0 aliphatic carbocycles. The third kappa shape index (κ3) is 4.66. The van der Waals surface area contributed by atoms with Gasteiger partial charge in [-0.3, -0.25) is 9.19 Å². The number of aromatic nitrogens is 1. The molecule has 3 rings (SSSR count). The standard InChI is InChI=1S/C16H17F2N3O5S.Na.H/c1-24-13-5-6-19-12(14(13)25-2)8-27(23)16(22)20-10-4-3-9(26-15(17)18)7-11(10)21-16;;/h3-7,15,20-22H,8H2,1-2H3;;/q;+1;-1. The van der Waals surface area contributed by atoms with Gasteiger partial charge in [0.05, 0.1) is 37.0 Å². The Kier molecular flexibility index (Phi) is 7.46. The molecule has 2 unspecified atom stereocenters. The average molecular weight is 425 g/mol. The van der Waals surface area contributed by atoms with Gasteiger partial charge < -0.3 is 31.4 Å². The van der Waals surface area contributed by atoms with E-state index in [4.69, 9.17) is 9.47 Å². The molecule has 0 bridgehead atoms.